The Balaban J connectivity index is 2.36. The molecule has 0 bridgehead atoms. The first-order chi connectivity index (χ1) is 9.54. The summed E-state index contributed by atoms with van der Waals surface area (Å²) in [5.74, 6) is -0.305. The van der Waals surface area contributed by atoms with Crippen molar-refractivity contribution in [2.75, 3.05) is 6.54 Å². The fourth-order valence-electron chi connectivity index (χ4n) is 2.13. The van der Waals surface area contributed by atoms with Gasteiger partial charge in [-0.1, -0.05) is 59.1 Å². The molecule has 0 aliphatic heterocycles. The standard InChI is InChI=1S/C15H14Cl3NO/c16-12-4-2-1-3-10(12)11(8-19)15(20)9-5-6-13(17)14(18)7-9/h1-7,11,15,20H,8,19H2. The van der Waals surface area contributed by atoms with Gasteiger partial charge in [0, 0.05) is 17.5 Å². The molecular formula is C15H14Cl3NO. The van der Waals surface area contributed by atoms with E-state index in [1.165, 1.54) is 0 Å². The Labute approximate surface area is 133 Å². The van der Waals surface area contributed by atoms with E-state index in [0.29, 0.717) is 20.6 Å². The van der Waals surface area contributed by atoms with Crippen LogP contribution in [0.15, 0.2) is 42.5 Å². The van der Waals surface area contributed by atoms with Gasteiger partial charge in [-0.05, 0) is 29.3 Å². The summed E-state index contributed by atoms with van der Waals surface area (Å²) in [6.07, 6.45) is -0.797. The van der Waals surface area contributed by atoms with Crippen LogP contribution in [0.4, 0.5) is 0 Å². The average Bonchev–Trinajstić information content (AvgIpc) is 2.44. The topological polar surface area (TPSA) is 46.2 Å². The minimum atomic E-state index is -0.797. The van der Waals surface area contributed by atoms with Gasteiger partial charge in [-0.15, -0.1) is 0 Å². The second-order valence-corrected chi connectivity index (χ2v) is 5.70. The highest BCUT2D eigenvalue weighted by atomic mass is 35.5. The van der Waals surface area contributed by atoms with E-state index >= 15 is 0 Å². The molecule has 5 heteroatoms. The van der Waals surface area contributed by atoms with E-state index in [0.717, 1.165) is 5.56 Å². The molecule has 2 aromatic rings. The van der Waals surface area contributed by atoms with Crippen LogP contribution in [0, 0.1) is 0 Å². The van der Waals surface area contributed by atoms with Gasteiger partial charge in [-0.25, -0.2) is 0 Å². The van der Waals surface area contributed by atoms with Crippen LogP contribution in [0.3, 0.4) is 0 Å². The molecule has 2 nitrogen and oxygen atoms in total. The van der Waals surface area contributed by atoms with Gasteiger partial charge in [0.1, 0.15) is 0 Å². The van der Waals surface area contributed by atoms with Crippen LogP contribution < -0.4 is 5.73 Å². The van der Waals surface area contributed by atoms with Gasteiger partial charge in [-0.3, -0.25) is 0 Å². The average molecular weight is 331 g/mol. The van der Waals surface area contributed by atoms with E-state index < -0.39 is 6.10 Å². The maximum Gasteiger partial charge on any atom is 0.0871 e. The van der Waals surface area contributed by atoms with Crippen LogP contribution in [0.25, 0.3) is 0 Å². The summed E-state index contributed by atoms with van der Waals surface area (Å²) in [4.78, 5) is 0. The van der Waals surface area contributed by atoms with Crippen LogP contribution in [-0.2, 0) is 0 Å². The molecule has 2 atom stereocenters. The van der Waals surface area contributed by atoms with Crippen LogP contribution >= 0.6 is 34.8 Å². The fraction of sp³-hybridized carbons (Fsp3) is 0.200. The van der Waals surface area contributed by atoms with Crippen molar-refractivity contribution in [1.29, 1.82) is 0 Å². The number of aliphatic hydroxyl groups is 1. The molecule has 0 heterocycles. The zero-order valence-electron chi connectivity index (χ0n) is 10.6. The predicted molar refractivity (Wildman–Crippen MR) is 84.7 cm³/mol. The lowest BCUT2D eigenvalue weighted by Gasteiger charge is -2.23. The Morgan fingerprint density at radius 2 is 1.65 bits per heavy atom. The normalized spacial score (nSPS) is 14.1. The van der Waals surface area contributed by atoms with Crippen molar-refractivity contribution in [1.82, 2.24) is 0 Å². The van der Waals surface area contributed by atoms with E-state index in [1.54, 1.807) is 24.3 Å². The van der Waals surface area contributed by atoms with E-state index in [4.69, 9.17) is 40.5 Å². The van der Waals surface area contributed by atoms with Crippen molar-refractivity contribution >= 4 is 34.8 Å². The molecule has 0 aromatic heterocycles. The molecule has 20 heavy (non-hydrogen) atoms. The summed E-state index contributed by atoms with van der Waals surface area (Å²) >= 11 is 18.0. The zero-order valence-corrected chi connectivity index (χ0v) is 12.8. The van der Waals surface area contributed by atoms with E-state index in [-0.39, 0.29) is 12.5 Å². The van der Waals surface area contributed by atoms with Gasteiger partial charge in [-0.2, -0.15) is 0 Å². The van der Waals surface area contributed by atoms with Gasteiger partial charge in [0.05, 0.1) is 16.1 Å². The molecule has 2 unspecified atom stereocenters. The van der Waals surface area contributed by atoms with E-state index in [9.17, 15) is 5.11 Å². The number of halogens is 3. The first-order valence-electron chi connectivity index (χ1n) is 6.12. The Kier molecular flexibility index (Phi) is 5.30. The molecule has 0 saturated heterocycles. The second kappa shape index (κ2) is 6.79. The number of hydrogen-bond donors (Lipinski definition) is 2. The number of nitrogens with two attached hydrogens (primary N) is 1. The predicted octanol–water partition coefficient (Wildman–Crippen LogP) is 4.42. The second-order valence-electron chi connectivity index (χ2n) is 4.48. The highest BCUT2D eigenvalue weighted by Crippen LogP contribution is 2.35. The first-order valence-corrected chi connectivity index (χ1v) is 7.25. The fourth-order valence-corrected chi connectivity index (χ4v) is 2.71. The molecule has 3 N–H and O–H groups in total. The summed E-state index contributed by atoms with van der Waals surface area (Å²) in [6, 6.07) is 12.4. The third-order valence-electron chi connectivity index (χ3n) is 3.22. The monoisotopic (exact) mass is 329 g/mol. The van der Waals surface area contributed by atoms with E-state index in [2.05, 4.69) is 0 Å². The molecule has 0 aliphatic carbocycles. The quantitative estimate of drug-likeness (QED) is 0.871. The van der Waals surface area contributed by atoms with Crippen LogP contribution in [0.5, 0.6) is 0 Å². The summed E-state index contributed by atoms with van der Waals surface area (Å²) in [6.45, 7) is 0.269. The van der Waals surface area contributed by atoms with Crippen LogP contribution in [0.1, 0.15) is 23.1 Å². The smallest absolute Gasteiger partial charge is 0.0871 e. The SMILES string of the molecule is NCC(c1ccccc1Cl)C(O)c1ccc(Cl)c(Cl)c1. The molecule has 0 saturated carbocycles. The summed E-state index contributed by atoms with van der Waals surface area (Å²) in [7, 11) is 0. The highest BCUT2D eigenvalue weighted by Gasteiger charge is 2.23. The van der Waals surface area contributed by atoms with Gasteiger partial charge in [0.2, 0.25) is 0 Å². The van der Waals surface area contributed by atoms with Crippen molar-refractivity contribution in [2.24, 2.45) is 5.73 Å². The summed E-state index contributed by atoms with van der Waals surface area (Å²) < 4.78 is 0. The number of hydrogen-bond acceptors (Lipinski definition) is 2. The summed E-state index contributed by atoms with van der Waals surface area (Å²) in [5, 5.41) is 12.0. The third kappa shape index (κ3) is 3.27. The number of benzene rings is 2. The molecule has 0 radical (unpaired) electrons. The van der Waals surface area contributed by atoms with Crippen LogP contribution in [0.2, 0.25) is 15.1 Å². The molecule has 2 aromatic carbocycles. The molecule has 106 valence electrons. The Bertz CT molecular complexity index is 603. The summed E-state index contributed by atoms with van der Waals surface area (Å²) in [5.41, 5.74) is 7.28. The lowest BCUT2D eigenvalue weighted by atomic mass is 9.89. The van der Waals surface area contributed by atoms with Gasteiger partial charge in [0.15, 0.2) is 0 Å². The minimum absolute atomic E-state index is 0.269. The molecule has 2 rings (SSSR count). The lowest BCUT2D eigenvalue weighted by molar-refractivity contribution is 0.147. The third-order valence-corrected chi connectivity index (χ3v) is 4.31. The Hall–Kier alpha value is -0.770. The van der Waals surface area contributed by atoms with Crippen molar-refractivity contribution < 1.29 is 5.11 Å². The highest BCUT2D eigenvalue weighted by molar-refractivity contribution is 6.42. The van der Waals surface area contributed by atoms with Crippen molar-refractivity contribution in [3.05, 3.63) is 68.7 Å². The van der Waals surface area contributed by atoms with Gasteiger partial charge in [0.25, 0.3) is 0 Å². The minimum Gasteiger partial charge on any atom is -0.388 e. The van der Waals surface area contributed by atoms with Gasteiger partial charge < -0.3 is 10.8 Å². The maximum absolute atomic E-state index is 10.5. The molecule has 0 amide bonds. The Morgan fingerprint density at radius 3 is 2.25 bits per heavy atom. The van der Waals surface area contributed by atoms with Crippen molar-refractivity contribution in [3.63, 3.8) is 0 Å². The zero-order chi connectivity index (χ0) is 14.7. The number of aliphatic hydroxyl groups excluding tert-OH is 1. The largest absolute Gasteiger partial charge is 0.388 e. The maximum atomic E-state index is 10.5. The molecular weight excluding hydrogens is 317 g/mol. The lowest BCUT2D eigenvalue weighted by Crippen LogP contribution is -2.20. The van der Waals surface area contributed by atoms with Gasteiger partial charge >= 0.3 is 0 Å². The molecule has 0 aliphatic rings. The van der Waals surface area contributed by atoms with Crippen LogP contribution in [-0.4, -0.2) is 11.7 Å². The number of rotatable bonds is 4. The first kappa shape index (κ1) is 15.6. The Morgan fingerprint density at radius 1 is 0.950 bits per heavy atom. The molecule has 0 spiro atoms. The van der Waals surface area contributed by atoms with Crippen molar-refractivity contribution in [3.8, 4) is 0 Å². The van der Waals surface area contributed by atoms with Crippen molar-refractivity contribution in [2.45, 2.75) is 12.0 Å². The van der Waals surface area contributed by atoms with E-state index in [1.807, 2.05) is 18.2 Å². The molecule has 0 fully saturated rings.